The standard InChI is InChI=1S/C26H27Cl2N5O4/c1-3-11-32-25(34)33(18(2)30-32)20-5-7-21(8-6-20)35-14-22-15-36-26(37-22,16-31-12-10-29-17-31)23-9-4-19(27)13-24(23)28/h4-10,12-13,17,22H,3,11,14-16H2,1-2H3/t22-,26-/m1/s1. The number of rotatable bonds is 9. The molecule has 1 aliphatic heterocycles. The first kappa shape index (κ1) is 25.5. The molecule has 0 N–H and O–H groups in total. The SMILES string of the molecule is CCCn1nc(C)n(-c2ccc(OC[C@@H]3CO[C@@](Cn4ccnc4)(c4ccc(Cl)cc4Cl)O3)cc2)c1=O. The first-order chi connectivity index (χ1) is 17.9. The first-order valence-electron chi connectivity index (χ1n) is 12.0. The van der Waals surface area contributed by atoms with Gasteiger partial charge in [-0.3, -0.25) is 0 Å². The van der Waals surface area contributed by atoms with Gasteiger partial charge < -0.3 is 18.8 Å². The van der Waals surface area contributed by atoms with Crippen LogP contribution >= 0.6 is 23.2 Å². The summed E-state index contributed by atoms with van der Waals surface area (Å²) >= 11 is 12.7. The molecule has 4 aromatic rings. The highest BCUT2D eigenvalue weighted by atomic mass is 35.5. The topological polar surface area (TPSA) is 85.3 Å². The lowest BCUT2D eigenvalue weighted by molar-refractivity contribution is -0.189. The number of aromatic nitrogens is 5. The average Bonchev–Trinajstić information content (AvgIpc) is 3.59. The molecule has 2 atom stereocenters. The highest BCUT2D eigenvalue weighted by Crippen LogP contribution is 2.40. The molecule has 1 saturated heterocycles. The maximum atomic E-state index is 12.7. The van der Waals surface area contributed by atoms with Crippen LogP contribution in [0.4, 0.5) is 0 Å². The summed E-state index contributed by atoms with van der Waals surface area (Å²) in [7, 11) is 0. The molecule has 0 unspecified atom stereocenters. The molecule has 0 aliphatic carbocycles. The van der Waals surface area contributed by atoms with Crippen molar-refractivity contribution in [3.05, 3.63) is 93.1 Å². The Bertz CT molecular complexity index is 1420. The van der Waals surface area contributed by atoms with Crippen LogP contribution < -0.4 is 10.4 Å². The predicted molar refractivity (Wildman–Crippen MR) is 140 cm³/mol. The summed E-state index contributed by atoms with van der Waals surface area (Å²) in [5.74, 6) is 0.173. The Hall–Kier alpha value is -3.11. The van der Waals surface area contributed by atoms with E-state index in [0.29, 0.717) is 46.9 Å². The van der Waals surface area contributed by atoms with Crippen molar-refractivity contribution < 1.29 is 14.2 Å². The number of ether oxygens (including phenoxy) is 3. The predicted octanol–water partition coefficient (Wildman–Crippen LogP) is 4.60. The molecule has 0 radical (unpaired) electrons. The Morgan fingerprint density at radius 1 is 1.19 bits per heavy atom. The average molecular weight is 544 g/mol. The third-order valence-corrected chi connectivity index (χ3v) is 6.67. The summed E-state index contributed by atoms with van der Waals surface area (Å²) < 4.78 is 23.6. The second-order valence-corrected chi connectivity index (χ2v) is 9.70. The Morgan fingerprint density at radius 2 is 2.00 bits per heavy atom. The van der Waals surface area contributed by atoms with Gasteiger partial charge in [0, 0.05) is 29.5 Å². The fraction of sp³-hybridized carbons (Fsp3) is 0.346. The summed E-state index contributed by atoms with van der Waals surface area (Å²) in [6.07, 6.45) is 5.72. The van der Waals surface area contributed by atoms with Gasteiger partial charge in [0.25, 0.3) is 0 Å². The summed E-state index contributed by atoms with van der Waals surface area (Å²) in [4.78, 5) is 16.8. The molecule has 5 rings (SSSR count). The molecule has 11 heteroatoms. The van der Waals surface area contributed by atoms with Crippen LogP contribution in [0.15, 0.2) is 66.0 Å². The van der Waals surface area contributed by atoms with Crippen LogP contribution in [0.25, 0.3) is 5.69 Å². The molecule has 2 aromatic heterocycles. The van der Waals surface area contributed by atoms with Crippen molar-refractivity contribution in [1.29, 1.82) is 0 Å². The van der Waals surface area contributed by atoms with E-state index in [-0.39, 0.29) is 18.4 Å². The second kappa shape index (κ2) is 10.7. The first-order valence-corrected chi connectivity index (χ1v) is 12.8. The Kier molecular flexibility index (Phi) is 7.39. The third kappa shape index (κ3) is 5.31. The van der Waals surface area contributed by atoms with Gasteiger partial charge in [0.1, 0.15) is 24.3 Å². The number of aryl methyl sites for hydroxylation is 2. The van der Waals surface area contributed by atoms with Crippen LogP contribution in [0.1, 0.15) is 24.7 Å². The van der Waals surface area contributed by atoms with Crippen LogP contribution in [-0.2, 0) is 28.4 Å². The molecular formula is C26H27Cl2N5O4. The fourth-order valence-corrected chi connectivity index (χ4v) is 4.98. The lowest BCUT2D eigenvalue weighted by Gasteiger charge is -2.30. The number of hydrogen-bond acceptors (Lipinski definition) is 6. The van der Waals surface area contributed by atoms with Crippen molar-refractivity contribution in [2.45, 2.75) is 45.2 Å². The summed E-state index contributed by atoms with van der Waals surface area (Å²) in [5.41, 5.74) is 1.26. The van der Waals surface area contributed by atoms with Crippen molar-refractivity contribution in [3.63, 3.8) is 0 Å². The highest BCUT2D eigenvalue weighted by molar-refractivity contribution is 6.35. The molecule has 0 bridgehead atoms. The summed E-state index contributed by atoms with van der Waals surface area (Å²) in [6.45, 7) is 5.36. The van der Waals surface area contributed by atoms with Gasteiger partial charge in [0.2, 0.25) is 5.79 Å². The maximum Gasteiger partial charge on any atom is 0.350 e. The van der Waals surface area contributed by atoms with Gasteiger partial charge in [-0.15, -0.1) is 0 Å². The minimum atomic E-state index is -1.11. The number of hydrogen-bond donors (Lipinski definition) is 0. The van der Waals surface area contributed by atoms with Gasteiger partial charge in [-0.1, -0.05) is 36.2 Å². The van der Waals surface area contributed by atoms with Crippen molar-refractivity contribution in [3.8, 4) is 11.4 Å². The van der Waals surface area contributed by atoms with Gasteiger partial charge in [-0.2, -0.15) is 5.10 Å². The van der Waals surface area contributed by atoms with Gasteiger partial charge in [0.05, 0.1) is 30.2 Å². The van der Waals surface area contributed by atoms with Crippen molar-refractivity contribution in [2.24, 2.45) is 0 Å². The lowest BCUT2D eigenvalue weighted by Crippen LogP contribution is -2.34. The van der Waals surface area contributed by atoms with E-state index >= 15 is 0 Å². The Morgan fingerprint density at radius 3 is 2.70 bits per heavy atom. The minimum Gasteiger partial charge on any atom is -0.491 e. The molecule has 0 saturated carbocycles. The van der Waals surface area contributed by atoms with E-state index in [1.165, 1.54) is 4.68 Å². The van der Waals surface area contributed by atoms with Gasteiger partial charge >= 0.3 is 5.69 Å². The van der Waals surface area contributed by atoms with E-state index in [1.54, 1.807) is 29.2 Å². The van der Waals surface area contributed by atoms with E-state index in [4.69, 9.17) is 37.4 Å². The zero-order valence-corrected chi connectivity index (χ0v) is 22.0. The number of nitrogens with zero attached hydrogens (tertiary/aromatic N) is 5. The van der Waals surface area contributed by atoms with E-state index in [9.17, 15) is 4.79 Å². The Labute approximate surface area is 224 Å². The van der Waals surface area contributed by atoms with Gasteiger partial charge in [0.15, 0.2) is 0 Å². The van der Waals surface area contributed by atoms with E-state index in [0.717, 1.165) is 12.1 Å². The molecule has 37 heavy (non-hydrogen) atoms. The molecule has 1 aliphatic rings. The Balaban J connectivity index is 1.29. The molecule has 1 fully saturated rings. The van der Waals surface area contributed by atoms with Crippen molar-refractivity contribution >= 4 is 23.2 Å². The number of benzene rings is 2. The maximum absolute atomic E-state index is 12.7. The second-order valence-electron chi connectivity index (χ2n) is 8.86. The monoisotopic (exact) mass is 543 g/mol. The van der Waals surface area contributed by atoms with E-state index in [1.807, 2.05) is 54.9 Å². The van der Waals surface area contributed by atoms with Gasteiger partial charge in [-0.05, 0) is 49.7 Å². The third-order valence-electron chi connectivity index (χ3n) is 6.12. The van der Waals surface area contributed by atoms with Crippen LogP contribution in [-0.4, -0.2) is 43.2 Å². The number of imidazole rings is 1. The zero-order valence-electron chi connectivity index (χ0n) is 20.5. The van der Waals surface area contributed by atoms with Crippen LogP contribution in [0.2, 0.25) is 10.0 Å². The summed E-state index contributed by atoms with van der Waals surface area (Å²) in [6, 6.07) is 12.6. The zero-order chi connectivity index (χ0) is 26.0. The molecular weight excluding hydrogens is 517 g/mol. The molecule has 3 heterocycles. The van der Waals surface area contributed by atoms with Crippen LogP contribution in [0, 0.1) is 6.92 Å². The largest absolute Gasteiger partial charge is 0.491 e. The minimum absolute atomic E-state index is 0.153. The van der Waals surface area contributed by atoms with E-state index in [2.05, 4.69) is 10.1 Å². The lowest BCUT2D eigenvalue weighted by atomic mass is 10.1. The number of halogens is 2. The van der Waals surface area contributed by atoms with Crippen LogP contribution in [0.5, 0.6) is 5.75 Å². The fourth-order valence-electron chi connectivity index (χ4n) is 4.43. The molecule has 0 amide bonds. The molecule has 0 spiro atoms. The van der Waals surface area contributed by atoms with Crippen molar-refractivity contribution in [2.75, 3.05) is 13.2 Å². The smallest absolute Gasteiger partial charge is 0.350 e. The highest BCUT2D eigenvalue weighted by Gasteiger charge is 2.45. The normalized spacial score (nSPS) is 19.4. The van der Waals surface area contributed by atoms with Gasteiger partial charge in [-0.25, -0.2) is 19.0 Å². The van der Waals surface area contributed by atoms with E-state index < -0.39 is 5.79 Å². The van der Waals surface area contributed by atoms with Crippen molar-refractivity contribution in [1.82, 2.24) is 23.9 Å². The molecule has 2 aromatic carbocycles. The quantitative estimate of drug-likeness (QED) is 0.306. The summed E-state index contributed by atoms with van der Waals surface area (Å²) in [5, 5.41) is 5.33. The van der Waals surface area contributed by atoms with Crippen LogP contribution in [0.3, 0.4) is 0 Å². The molecule has 9 nitrogen and oxygen atoms in total. The molecule has 194 valence electrons.